The number of hydrogen-bond acceptors (Lipinski definition) is 3. The van der Waals surface area contributed by atoms with Crippen molar-refractivity contribution < 1.29 is 12.8 Å². The van der Waals surface area contributed by atoms with Gasteiger partial charge in [-0.05, 0) is 25.0 Å². The van der Waals surface area contributed by atoms with Gasteiger partial charge in [0.2, 0.25) is 5.03 Å². The summed E-state index contributed by atoms with van der Waals surface area (Å²) in [5, 5.41) is -0.466. The number of halogens is 1. The Hall–Kier alpha value is -1.01. The van der Waals surface area contributed by atoms with E-state index in [0.29, 0.717) is 13.1 Å². The van der Waals surface area contributed by atoms with E-state index in [0.717, 1.165) is 18.9 Å². The molecule has 2 rings (SSSR count). The van der Waals surface area contributed by atoms with Gasteiger partial charge in [-0.2, -0.15) is 4.31 Å². The second-order valence-electron chi connectivity index (χ2n) is 3.40. The molecular weight excluding hydrogens is 219 g/mol. The maximum Gasteiger partial charge on any atom is 0.263 e. The van der Waals surface area contributed by atoms with Crippen LogP contribution in [0.15, 0.2) is 23.4 Å². The molecule has 15 heavy (non-hydrogen) atoms. The van der Waals surface area contributed by atoms with Crippen LogP contribution in [0.3, 0.4) is 0 Å². The first-order chi connectivity index (χ1) is 7.12. The van der Waals surface area contributed by atoms with Gasteiger partial charge in [0.25, 0.3) is 10.0 Å². The molecule has 0 bridgehead atoms. The molecule has 0 radical (unpaired) electrons. The van der Waals surface area contributed by atoms with Gasteiger partial charge in [-0.1, -0.05) is 0 Å². The monoisotopic (exact) mass is 230 g/mol. The van der Waals surface area contributed by atoms with E-state index in [4.69, 9.17) is 0 Å². The third kappa shape index (κ3) is 1.87. The molecular formula is C9H11FN2O2S. The summed E-state index contributed by atoms with van der Waals surface area (Å²) in [7, 11) is -3.72. The summed E-state index contributed by atoms with van der Waals surface area (Å²) >= 11 is 0. The van der Waals surface area contributed by atoms with Crippen LogP contribution >= 0.6 is 0 Å². The molecule has 1 aromatic heterocycles. The molecule has 6 heteroatoms. The van der Waals surface area contributed by atoms with Gasteiger partial charge in [-0.15, -0.1) is 0 Å². The van der Waals surface area contributed by atoms with Gasteiger partial charge in [0.05, 0.1) is 0 Å². The zero-order valence-corrected chi connectivity index (χ0v) is 8.87. The van der Waals surface area contributed by atoms with Crippen LogP contribution in [-0.4, -0.2) is 30.8 Å². The average Bonchev–Trinajstić information content (AvgIpc) is 2.71. The molecule has 1 aliphatic rings. The largest absolute Gasteiger partial charge is 0.263 e. The highest BCUT2D eigenvalue weighted by molar-refractivity contribution is 7.89. The van der Waals surface area contributed by atoms with E-state index in [1.807, 2.05) is 0 Å². The Morgan fingerprint density at radius 2 is 2.00 bits per heavy atom. The lowest BCUT2D eigenvalue weighted by Gasteiger charge is -2.14. The van der Waals surface area contributed by atoms with Crippen molar-refractivity contribution in [3.05, 3.63) is 24.1 Å². The van der Waals surface area contributed by atoms with Crippen LogP contribution in [0.25, 0.3) is 0 Å². The average molecular weight is 230 g/mol. The molecule has 0 spiro atoms. The number of sulfonamides is 1. The highest BCUT2D eigenvalue weighted by Gasteiger charge is 2.30. The molecule has 0 atom stereocenters. The molecule has 1 aliphatic heterocycles. The van der Waals surface area contributed by atoms with E-state index in [2.05, 4.69) is 4.98 Å². The van der Waals surface area contributed by atoms with Gasteiger partial charge in [0, 0.05) is 19.3 Å². The molecule has 0 aromatic carbocycles. The highest BCUT2D eigenvalue weighted by atomic mass is 32.2. The van der Waals surface area contributed by atoms with Crippen molar-refractivity contribution in [1.82, 2.24) is 9.29 Å². The topological polar surface area (TPSA) is 50.3 Å². The summed E-state index contributed by atoms with van der Waals surface area (Å²) in [6.07, 6.45) is 2.94. The first-order valence-corrected chi connectivity index (χ1v) is 6.17. The fourth-order valence-electron chi connectivity index (χ4n) is 1.61. The number of pyridine rings is 1. The van der Waals surface area contributed by atoms with Crippen molar-refractivity contribution in [2.24, 2.45) is 0 Å². The van der Waals surface area contributed by atoms with Crippen LogP contribution in [0.2, 0.25) is 0 Å². The highest BCUT2D eigenvalue weighted by Crippen LogP contribution is 2.20. The second kappa shape index (κ2) is 3.86. The Morgan fingerprint density at radius 1 is 1.33 bits per heavy atom. The minimum atomic E-state index is -3.72. The maximum atomic E-state index is 13.3. The Kier molecular flexibility index (Phi) is 2.70. The van der Waals surface area contributed by atoms with Crippen molar-refractivity contribution in [1.29, 1.82) is 0 Å². The fraction of sp³-hybridized carbons (Fsp3) is 0.444. The van der Waals surface area contributed by atoms with Crippen LogP contribution in [0.5, 0.6) is 0 Å². The van der Waals surface area contributed by atoms with E-state index in [1.165, 1.54) is 16.6 Å². The van der Waals surface area contributed by atoms with Crippen LogP contribution in [0.1, 0.15) is 12.8 Å². The molecule has 0 saturated carbocycles. The molecule has 0 amide bonds. The predicted molar refractivity (Wildman–Crippen MR) is 52.2 cm³/mol. The summed E-state index contributed by atoms with van der Waals surface area (Å²) in [6, 6.07) is 2.48. The molecule has 0 unspecified atom stereocenters. The van der Waals surface area contributed by atoms with Gasteiger partial charge in [0.1, 0.15) is 0 Å². The first kappa shape index (κ1) is 10.5. The van der Waals surface area contributed by atoms with Crippen LogP contribution in [-0.2, 0) is 10.0 Å². The van der Waals surface area contributed by atoms with Crippen molar-refractivity contribution in [2.75, 3.05) is 13.1 Å². The SMILES string of the molecule is O=S(=O)(c1ncccc1F)N1CCCC1. The number of rotatable bonds is 2. The third-order valence-corrected chi connectivity index (χ3v) is 4.21. The lowest BCUT2D eigenvalue weighted by Crippen LogP contribution is -2.29. The van der Waals surface area contributed by atoms with E-state index in [9.17, 15) is 12.8 Å². The standard InChI is InChI=1S/C9H11FN2O2S/c10-8-4-3-5-11-9(8)15(13,14)12-6-1-2-7-12/h3-5H,1-2,6-7H2. The smallest absolute Gasteiger partial charge is 0.241 e. The summed E-state index contributed by atoms with van der Waals surface area (Å²) in [6.45, 7) is 0.913. The lowest BCUT2D eigenvalue weighted by atomic mass is 10.4. The fourth-order valence-corrected chi connectivity index (χ4v) is 3.10. The van der Waals surface area contributed by atoms with Crippen LogP contribution in [0, 0.1) is 5.82 Å². The van der Waals surface area contributed by atoms with Crippen molar-refractivity contribution >= 4 is 10.0 Å². The Morgan fingerprint density at radius 3 is 2.60 bits per heavy atom. The third-order valence-electron chi connectivity index (χ3n) is 2.37. The van der Waals surface area contributed by atoms with Crippen molar-refractivity contribution in [2.45, 2.75) is 17.9 Å². The summed E-state index contributed by atoms with van der Waals surface area (Å²) in [5.74, 6) is -0.788. The minimum absolute atomic E-state index is 0.457. The second-order valence-corrected chi connectivity index (χ2v) is 5.25. The Labute approximate surface area is 87.8 Å². The molecule has 0 N–H and O–H groups in total. The number of hydrogen-bond donors (Lipinski definition) is 0. The maximum absolute atomic E-state index is 13.3. The quantitative estimate of drug-likeness (QED) is 0.761. The van der Waals surface area contributed by atoms with Gasteiger partial charge in [-0.25, -0.2) is 17.8 Å². The van der Waals surface area contributed by atoms with Crippen LogP contribution in [0.4, 0.5) is 4.39 Å². The molecule has 1 aromatic rings. The number of nitrogens with zero attached hydrogens (tertiary/aromatic N) is 2. The molecule has 1 fully saturated rings. The molecule has 82 valence electrons. The summed E-state index contributed by atoms with van der Waals surface area (Å²) in [4.78, 5) is 3.59. The normalized spacial score (nSPS) is 18.2. The van der Waals surface area contributed by atoms with Crippen molar-refractivity contribution in [3.63, 3.8) is 0 Å². The summed E-state index contributed by atoms with van der Waals surface area (Å²) < 4.78 is 38.3. The van der Waals surface area contributed by atoms with Gasteiger partial charge in [0.15, 0.2) is 5.82 Å². The molecule has 1 saturated heterocycles. The zero-order chi connectivity index (χ0) is 10.9. The van der Waals surface area contributed by atoms with Crippen molar-refractivity contribution in [3.8, 4) is 0 Å². The Bertz CT molecular complexity index is 455. The molecule has 0 aliphatic carbocycles. The van der Waals surface area contributed by atoms with Crippen LogP contribution < -0.4 is 0 Å². The van der Waals surface area contributed by atoms with E-state index < -0.39 is 20.9 Å². The zero-order valence-electron chi connectivity index (χ0n) is 8.06. The minimum Gasteiger partial charge on any atom is -0.241 e. The number of aromatic nitrogens is 1. The first-order valence-electron chi connectivity index (χ1n) is 4.73. The Balaban J connectivity index is 2.41. The summed E-state index contributed by atoms with van der Waals surface area (Å²) in [5.41, 5.74) is 0. The van der Waals surface area contributed by atoms with Gasteiger partial charge >= 0.3 is 0 Å². The lowest BCUT2D eigenvalue weighted by molar-refractivity contribution is 0.464. The van der Waals surface area contributed by atoms with E-state index in [1.54, 1.807) is 0 Å². The molecule has 2 heterocycles. The predicted octanol–water partition coefficient (Wildman–Crippen LogP) is 1.01. The van der Waals surface area contributed by atoms with E-state index >= 15 is 0 Å². The van der Waals surface area contributed by atoms with E-state index in [-0.39, 0.29) is 0 Å². The molecule has 4 nitrogen and oxygen atoms in total. The van der Waals surface area contributed by atoms with Gasteiger partial charge < -0.3 is 0 Å². The van der Waals surface area contributed by atoms with Gasteiger partial charge in [-0.3, -0.25) is 0 Å².